The summed E-state index contributed by atoms with van der Waals surface area (Å²) in [6, 6.07) is 9.78. The monoisotopic (exact) mass is 376 g/mol. The molecule has 1 aliphatic heterocycles. The minimum Gasteiger partial charge on any atom is -0.481 e. The predicted molar refractivity (Wildman–Crippen MR) is 101 cm³/mol. The van der Waals surface area contributed by atoms with Crippen molar-refractivity contribution in [1.82, 2.24) is 20.1 Å². The molecule has 0 spiro atoms. The second-order valence-electron chi connectivity index (χ2n) is 8.67. The Labute approximate surface area is 160 Å². The summed E-state index contributed by atoms with van der Waals surface area (Å²) in [5, 5.41) is 18.1. The molecular formula is C21H20N4O3. The van der Waals surface area contributed by atoms with Gasteiger partial charge in [0.1, 0.15) is 5.69 Å². The third-order valence-electron chi connectivity index (χ3n) is 6.98. The Kier molecular flexibility index (Phi) is 2.86. The number of rotatable bonds is 3. The zero-order valence-electron chi connectivity index (χ0n) is 15.3. The Balaban J connectivity index is 1.27. The summed E-state index contributed by atoms with van der Waals surface area (Å²) in [6.07, 6.45) is 2.76. The normalized spacial score (nSPS) is 27.8. The lowest BCUT2D eigenvalue weighted by Gasteiger charge is -2.68. The molecule has 1 amide bonds. The Bertz CT molecular complexity index is 1100. The van der Waals surface area contributed by atoms with Crippen LogP contribution in [-0.4, -0.2) is 43.6 Å². The molecule has 28 heavy (non-hydrogen) atoms. The molecule has 4 aliphatic rings. The number of amides is 1. The average molecular weight is 376 g/mol. The van der Waals surface area contributed by atoms with Crippen LogP contribution in [0, 0.1) is 5.41 Å². The number of benzene rings is 1. The minimum absolute atomic E-state index is 0.00592. The summed E-state index contributed by atoms with van der Waals surface area (Å²) >= 11 is 0. The number of H-pyrrole nitrogens is 2. The van der Waals surface area contributed by atoms with Crippen molar-refractivity contribution in [3.63, 3.8) is 0 Å². The molecule has 0 atom stereocenters. The fourth-order valence-electron chi connectivity index (χ4n) is 5.54. The molecule has 3 aliphatic carbocycles. The van der Waals surface area contributed by atoms with E-state index in [9.17, 15) is 14.7 Å². The van der Waals surface area contributed by atoms with Crippen molar-refractivity contribution in [1.29, 1.82) is 0 Å². The van der Waals surface area contributed by atoms with E-state index in [1.165, 1.54) is 0 Å². The van der Waals surface area contributed by atoms with Crippen molar-refractivity contribution < 1.29 is 14.7 Å². The van der Waals surface area contributed by atoms with E-state index in [1.807, 2.05) is 35.2 Å². The first-order valence-corrected chi connectivity index (χ1v) is 9.67. The van der Waals surface area contributed by atoms with Crippen LogP contribution in [0.3, 0.4) is 0 Å². The number of carbonyl (C=O) groups is 2. The van der Waals surface area contributed by atoms with Crippen molar-refractivity contribution in [2.24, 2.45) is 5.41 Å². The van der Waals surface area contributed by atoms with Gasteiger partial charge in [0.05, 0.1) is 11.1 Å². The number of aromatic amines is 2. The Morgan fingerprint density at radius 3 is 2.71 bits per heavy atom. The quantitative estimate of drug-likeness (QED) is 0.654. The van der Waals surface area contributed by atoms with Gasteiger partial charge in [-0.05, 0) is 31.4 Å². The first-order valence-electron chi connectivity index (χ1n) is 9.67. The molecule has 1 aromatic carbocycles. The van der Waals surface area contributed by atoms with Gasteiger partial charge in [0.2, 0.25) is 0 Å². The van der Waals surface area contributed by atoms with Crippen LogP contribution < -0.4 is 0 Å². The van der Waals surface area contributed by atoms with Gasteiger partial charge in [0.25, 0.3) is 5.91 Å². The van der Waals surface area contributed by atoms with E-state index in [2.05, 4.69) is 15.2 Å². The SMILES string of the molecule is O=C(c1cc2ccccc2[nH]1)N1CCc2n[nH]c(C34CC(C(=O)O)(C3)C4)c2C1. The third kappa shape index (κ3) is 1.91. The number of aromatic nitrogens is 3. The maximum Gasteiger partial charge on any atom is 0.309 e. The number of fused-ring (bicyclic) bond motifs is 2. The number of hydrogen-bond donors (Lipinski definition) is 3. The van der Waals surface area contributed by atoms with Crippen molar-refractivity contribution in [3.05, 3.63) is 53.0 Å². The smallest absolute Gasteiger partial charge is 0.309 e. The number of carbonyl (C=O) groups excluding carboxylic acids is 1. The molecule has 3 saturated carbocycles. The van der Waals surface area contributed by atoms with E-state index in [0.29, 0.717) is 38.0 Å². The fourth-order valence-corrected chi connectivity index (χ4v) is 5.54. The van der Waals surface area contributed by atoms with Gasteiger partial charge in [-0.15, -0.1) is 0 Å². The number of aliphatic carboxylic acids is 1. The zero-order chi connectivity index (χ0) is 19.1. The van der Waals surface area contributed by atoms with Crippen LogP contribution in [-0.2, 0) is 23.2 Å². The molecule has 0 saturated heterocycles. The van der Waals surface area contributed by atoms with Crippen LogP contribution >= 0.6 is 0 Å². The summed E-state index contributed by atoms with van der Waals surface area (Å²) in [5.41, 5.74) is 4.13. The Morgan fingerprint density at radius 2 is 1.96 bits per heavy atom. The van der Waals surface area contributed by atoms with Crippen molar-refractivity contribution in [2.75, 3.05) is 6.54 Å². The van der Waals surface area contributed by atoms with Gasteiger partial charge in [0.15, 0.2) is 0 Å². The molecule has 0 unspecified atom stereocenters. The fraction of sp³-hybridized carbons (Fsp3) is 0.381. The van der Waals surface area contributed by atoms with Gasteiger partial charge in [-0.3, -0.25) is 14.7 Å². The zero-order valence-corrected chi connectivity index (χ0v) is 15.3. The lowest BCUT2D eigenvalue weighted by atomic mass is 9.34. The average Bonchev–Trinajstić information content (AvgIpc) is 3.22. The van der Waals surface area contributed by atoms with Crippen LogP contribution in [0.1, 0.15) is 46.7 Å². The maximum atomic E-state index is 13.1. The Hall–Kier alpha value is -3.09. The van der Waals surface area contributed by atoms with E-state index in [-0.39, 0.29) is 11.3 Å². The van der Waals surface area contributed by atoms with Crippen LogP contribution in [0.25, 0.3) is 10.9 Å². The van der Waals surface area contributed by atoms with Gasteiger partial charge in [0, 0.05) is 47.1 Å². The number of carboxylic acid groups (broad SMARTS) is 1. The Morgan fingerprint density at radius 1 is 1.18 bits per heavy atom. The van der Waals surface area contributed by atoms with E-state index in [4.69, 9.17) is 0 Å². The number of carboxylic acids is 1. The summed E-state index contributed by atoms with van der Waals surface area (Å²) in [6.45, 7) is 1.16. The maximum absolute atomic E-state index is 13.1. The van der Waals surface area contributed by atoms with Crippen LogP contribution in [0.15, 0.2) is 30.3 Å². The van der Waals surface area contributed by atoms with E-state index in [0.717, 1.165) is 34.3 Å². The van der Waals surface area contributed by atoms with Crippen LogP contribution in [0.5, 0.6) is 0 Å². The highest BCUT2D eigenvalue weighted by Gasteiger charge is 2.73. The van der Waals surface area contributed by atoms with E-state index < -0.39 is 11.4 Å². The second-order valence-corrected chi connectivity index (χ2v) is 8.67. The number of hydrogen-bond acceptors (Lipinski definition) is 3. The minimum atomic E-state index is -0.682. The van der Waals surface area contributed by atoms with Crippen LogP contribution in [0.2, 0.25) is 0 Å². The largest absolute Gasteiger partial charge is 0.481 e. The van der Waals surface area contributed by atoms with Crippen molar-refractivity contribution >= 4 is 22.8 Å². The van der Waals surface area contributed by atoms with Gasteiger partial charge in [-0.1, -0.05) is 18.2 Å². The molecule has 7 nitrogen and oxygen atoms in total. The van der Waals surface area contributed by atoms with E-state index >= 15 is 0 Å². The molecular weight excluding hydrogens is 356 g/mol. The molecule has 3 fully saturated rings. The highest BCUT2D eigenvalue weighted by atomic mass is 16.4. The van der Waals surface area contributed by atoms with Crippen molar-refractivity contribution in [2.45, 2.75) is 37.6 Å². The number of para-hydroxylation sites is 1. The molecule has 3 N–H and O–H groups in total. The van der Waals surface area contributed by atoms with Crippen molar-refractivity contribution in [3.8, 4) is 0 Å². The summed E-state index contributed by atoms with van der Waals surface area (Å²) < 4.78 is 0. The standard InChI is InChI=1S/C21H20N4O3/c26-18(16-7-12-3-1-2-4-14(12)22-16)25-6-5-15-13(8-25)17(24-23-15)20-9-21(10-20,11-20)19(27)28/h1-4,7,22H,5-6,8-11H2,(H,23,24)(H,27,28). The highest BCUT2D eigenvalue weighted by Crippen LogP contribution is 2.73. The number of nitrogens with zero attached hydrogens (tertiary/aromatic N) is 2. The van der Waals surface area contributed by atoms with Gasteiger partial charge in [-0.25, -0.2) is 0 Å². The van der Waals surface area contributed by atoms with Gasteiger partial charge < -0.3 is 15.0 Å². The molecule has 3 heterocycles. The molecule has 2 aromatic heterocycles. The van der Waals surface area contributed by atoms with Gasteiger partial charge >= 0.3 is 5.97 Å². The molecule has 7 rings (SSSR count). The molecule has 142 valence electrons. The predicted octanol–water partition coefficient (Wildman–Crippen LogP) is 2.60. The molecule has 3 aromatic rings. The first kappa shape index (κ1) is 15.9. The first-order chi connectivity index (χ1) is 13.5. The summed E-state index contributed by atoms with van der Waals surface area (Å²) in [5.74, 6) is -0.688. The lowest BCUT2D eigenvalue weighted by molar-refractivity contribution is -0.195. The molecule has 2 bridgehead atoms. The third-order valence-corrected chi connectivity index (χ3v) is 6.98. The topological polar surface area (TPSA) is 102 Å². The highest BCUT2D eigenvalue weighted by molar-refractivity contribution is 5.98. The lowest BCUT2D eigenvalue weighted by Crippen LogP contribution is -2.68. The summed E-state index contributed by atoms with van der Waals surface area (Å²) in [7, 11) is 0. The molecule has 0 radical (unpaired) electrons. The van der Waals surface area contributed by atoms with Gasteiger partial charge in [-0.2, -0.15) is 5.10 Å². The summed E-state index contributed by atoms with van der Waals surface area (Å²) in [4.78, 5) is 29.6. The molecule has 7 heteroatoms. The van der Waals surface area contributed by atoms with E-state index in [1.54, 1.807) is 0 Å². The number of nitrogens with one attached hydrogen (secondary N) is 2. The van der Waals surface area contributed by atoms with Crippen LogP contribution in [0.4, 0.5) is 0 Å². The second kappa shape index (κ2) is 5.04.